The Morgan fingerprint density at radius 1 is 1.13 bits per heavy atom. The second-order valence-electron chi connectivity index (χ2n) is 6.97. The van der Waals surface area contributed by atoms with Crippen molar-refractivity contribution in [2.24, 2.45) is 0 Å². The number of benzene rings is 2. The van der Waals surface area contributed by atoms with E-state index in [1.54, 1.807) is 28.8 Å². The Kier molecular flexibility index (Phi) is 7.89. The molecule has 1 aromatic heterocycles. The van der Waals surface area contributed by atoms with Crippen LogP contribution in [0, 0.1) is 11.3 Å². The second-order valence-corrected chi connectivity index (χ2v) is 8.04. The highest BCUT2D eigenvalue weighted by Crippen LogP contribution is 2.19. The minimum atomic E-state index is -0.0272. The zero-order valence-corrected chi connectivity index (χ0v) is 18.0. The van der Waals surface area contributed by atoms with E-state index in [1.165, 1.54) is 11.8 Å². The van der Waals surface area contributed by atoms with Crippen molar-refractivity contribution in [2.45, 2.75) is 38.1 Å². The van der Waals surface area contributed by atoms with Gasteiger partial charge in [-0.2, -0.15) is 5.26 Å². The first-order valence-corrected chi connectivity index (χ1v) is 10.9. The lowest BCUT2D eigenvalue weighted by Crippen LogP contribution is -2.24. The first kappa shape index (κ1) is 21.9. The van der Waals surface area contributed by atoms with Gasteiger partial charge in [0.2, 0.25) is 0 Å². The Hall–Kier alpha value is -2.82. The highest BCUT2D eigenvalue weighted by molar-refractivity contribution is 7.99. The van der Waals surface area contributed by atoms with E-state index in [9.17, 15) is 4.79 Å². The molecule has 0 spiro atoms. The van der Waals surface area contributed by atoms with Crippen molar-refractivity contribution in [1.82, 2.24) is 9.55 Å². The average Bonchev–Trinajstić information content (AvgIpc) is 2.76. The van der Waals surface area contributed by atoms with Crippen LogP contribution < -0.4 is 10.3 Å². The molecule has 0 bridgehead atoms. The Bertz CT molecular complexity index is 1070. The average molecular weight is 424 g/mol. The molecular formula is C23H25N3O3S. The molecule has 0 N–H and O–H groups in total. The van der Waals surface area contributed by atoms with Crippen LogP contribution >= 0.6 is 11.8 Å². The van der Waals surface area contributed by atoms with Gasteiger partial charge in [0, 0.05) is 18.9 Å². The van der Waals surface area contributed by atoms with Crippen molar-refractivity contribution in [2.75, 3.05) is 19.0 Å². The predicted molar refractivity (Wildman–Crippen MR) is 119 cm³/mol. The van der Waals surface area contributed by atoms with E-state index < -0.39 is 0 Å². The van der Waals surface area contributed by atoms with Gasteiger partial charge in [0.05, 0.1) is 35.2 Å². The number of para-hydroxylation sites is 1. The Morgan fingerprint density at radius 2 is 1.90 bits per heavy atom. The smallest absolute Gasteiger partial charge is 0.262 e. The zero-order chi connectivity index (χ0) is 21.3. The van der Waals surface area contributed by atoms with Crippen LogP contribution in [0.15, 0.2) is 58.5 Å². The molecule has 0 fully saturated rings. The van der Waals surface area contributed by atoms with Gasteiger partial charge in [-0.1, -0.05) is 23.9 Å². The van der Waals surface area contributed by atoms with Gasteiger partial charge in [0.25, 0.3) is 5.56 Å². The molecule has 30 heavy (non-hydrogen) atoms. The van der Waals surface area contributed by atoms with Gasteiger partial charge < -0.3 is 9.47 Å². The standard InChI is InChI=1S/C23H25N3O3S/c1-17(2)28-13-5-12-26-22(27)20-6-3-4-7-21(20)25-23(26)30-15-14-29-19-10-8-18(16-24)9-11-19/h3-4,6-11,17H,5,12-15H2,1-2H3. The molecule has 0 aliphatic rings. The van der Waals surface area contributed by atoms with Crippen LogP contribution in [0.25, 0.3) is 10.9 Å². The molecule has 0 amide bonds. The van der Waals surface area contributed by atoms with E-state index >= 15 is 0 Å². The zero-order valence-electron chi connectivity index (χ0n) is 17.2. The van der Waals surface area contributed by atoms with Gasteiger partial charge in [0.1, 0.15) is 5.75 Å². The van der Waals surface area contributed by atoms with Gasteiger partial charge in [-0.15, -0.1) is 0 Å². The van der Waals surface area contributed by atoms with Crippen LogP contribution in [0.3, 0.4) is 0 Å². The van der Waals surface area contributed by atoms with Crippen LogP contribution in [-0.2, 0) is 11.3 Å². The number of nitrogens with zero attached hydrogens (tertiary/aromatic N) is 3. The van der Waals surface area contributed by atoms with Crippen molar-refractivity contribution in [3.8, 4) is 11.8 Å². The maximum Gasteiger partial charge on any atom is 0.262 e. The first-order valence-electron chi connectivity index (χ1n) is 9.95. The normalized spacial score (nSPS) is 11.0. The topological polar surface area (TPSA) is 77.1 Å². The summed E-state index contributed by atoms with van der Waals surface area (Å²) in [5, 5.41) is 10.2. The molecule has 0 saturated carbocycles. The molecule has 7 heteroatoms. The number of hydrogen-bond donors (Lipinski definition) is 0. The Morgan fingerprint density at radius 3 is 2.63 bits per heavy atom. The van der Waals surface area contributed by atoms with Gasteiger partial charge in [-0.05, 0) is 56.7 Å². The summed E-state index contributed by atoms with van der Waals surface area (Å²) in [6, 6.07) is 16.5. The third-order valence-electron chi connectivity index (χ3n) is 4.37. The summed E-state index contributed by atoms with van der Waals surface area (Å²) in [5.41, 5.74) is 1.27. The highest BCUT2D eigenvalue weighted by Gasteiger charge is 2.11. The lowest BCUT2D eigenvalue weighted by atomic mass is 10.2. The van der Waals surface area contributed by atoms with Gasteiger partial charge in [-0.25, -0.2) is 4.98 Å². The number of thioether (sulfide) groups is 1. The number of ether oxygens (including phenoxy) is 2. The molecule has 1 heterocycles. The van der Waals surface area contributed by atoms with Crippen LogP contribution in [0.4, 0.5) is 0 Å². The summed E-state index contributed by atoms with van der Waals surface area (Å²) in [5.74, 6) is 1.36. The third kappa shape index (κ3) is 5.85. The van der Waals surface area contributed by atoms with Crippen LogP contribution in [-0.4, -0.2) is 34.6 Å². The molecule has 156 valence electrons. The second kappa shape index (κ2) is 10.8. The fraction of sp³-hybridized carbons (Fsp3) is 0.348. The van der Waals surface area contributed by atoms with Crippen molar-refractivity contribution in [3.05, 3.63) is 64.4 Å². The largest absolute Gasteiger partial charge is 0.493 e. The number of rotatable bonds is 10. The van der Waals surface area contributed by atoms with E-state index in [0.29, 0.717) is 52.9 Å². The number of nitriles is 1. The summed E-state index contributed by atoms with van der Waals surface area (Å²) in [6.45, 7) is 5.62. The lowest BCUT2D eigenvalue weighted by molar-refractivity contribution is 0.0743. The molecule has 0 aliphatic carbocycles. The predicted octanol–water partition coefficient (Wildman–Crippen LogP) is 4.25. The summed E-state index contributed by atoms with van der Waals surface area (Å²) in [6.07, 6.45) is 0.914. The van der Waals surface area contributed by atoms with Crippen molar-refractivity contribution in [3.63, 3.8) is 0 Å². The molecule has 3 aromatic rings. The number of aromatic nitrogens is 2. The molecular weight excluding hydrogens is 398 g/mol. The van der Waals surface area contributed by atoms with Crippen LogP contribution in [0.2, 0.25) is 0 Å². The molecule has 0 radical (unpaired) electrons. The molecule has 0 unspecified atom stereocenters. The summed E-state index contributed by atoms with van der Waals surface area (Å²) in [4.78, 5) is 17.7. The van der Waals surface area contributed by atoms with E-state index in [0.717, 1.165) is 6.42 Å². The minimum Gasteiger partial charge on any atom is -0.493 e. The quantitative estimate of drug-likeness (QED) is 0.276. The molecule has 2 aromatic carbocycles. The fourth-order valence-electron chi connectivity index (χ4n) is 2.91. The van der Waals surface area contributed by atoms with Crippen molar-refractivity contribution in [1.29, 1.82) is 5.26 Å². The van der Waals surface area contributed by atoms with Crippen molar-refractivity contribution >= 4 is 22.7 Å². The molecule has 0 aliphatic heterocycles. The lowest BCUT2D eigenvalue weighted by Gasteiger charge is -2.14. The number of fused-ring (bicyclic) bond motifs is 1. The summed E-state index contributed by atoms with van der Waals surface area (Å²) in [7, 11) is 0. The Balaban J connectivity index is 1.68. The maximum atomic E-state index is 13.0. The summed E-state index contributed by atoms with van der Waals surface area (Å²) >= 11 is 1.50. The third-order valence-corrected chi connectivity index (χ3v) is 5.31. The van der Waals surface area contributed by atoms with Gasteiger partial charge in [0.15, 0.2) is 5.16 Å². The molecule has 0 saturated heterocycles. The van der Waals surface area contributed by atoms with E-state index in [2.05, 4.69) is 6.07 Å². The van der Waals surface area contributed by atoms with Crippen LogP contribution in [0.1, 0.15) is 25.8 Å². The maximum absolute atomic E-state index is 13.0. The Labute approximate surface area is 180 Å². The monoisotopic (exact) mass is 423 g/mol. The summed E-state index contributed by atoms with van der Waals surface area (Å²) < 4.78 is 13.1. The SMILES string of the molecule is CC(C)OCCCn1c(SCCOc2ccc(C#N)cc2)nc2ccccc2c1=O. The minimum absolute atomic E-state index is 0.0272. The van der Waals surface area contributed by atoms with E-state index in [1.807, 2.05) is 38.1 Å². The molecule has 6 nitrogen and oxygen atoms in total. The van der Waals surface area contributed by atoms with E-state index in [4.69, 9.17) is 19.7 Å². The van der Waals surface area contributed by atoms with Crippen molar-refractivity contribution < 1.29 is 9.47 Å². The molecule has 3 rings (SSSR count). The number of hydrogen-bond acceptors (Lipinski definition) is 6. The molecule has 0 atom stereocenters. The van der Waals surface area contributed by atoms with E-state index in [-0.39, 0.29) is 11.7 Å². The van der Waals surface area contributed by atoms with Gasteiger partial charge >= 0.3 is 0 Å². The highest BCUT2D eigenvalue weighted by atomic mass is 32.2. The van der Waals surface area contributed by atoms with Crippen LogP contribution in [0.5, 0.6) is 5.75 Å². The first-order chi connectivity index (χ1) is 14.6. The fourth-order valence-corrected chi connectivity index (χ4v) is 3.76. The van der Waals surface area contributed by atoms with Gasteiger partial charge in [-0.3, -0.25) is 9.36 Å².